The zero-order valence-electron chi connectivity index (χ0n) is 16.8. The normalized spacial score (nSPS) is 16.8. The Balaban J connectivity index is 1.47. The summed E-state index contributed by atoms with van der Waals surface area (Å²) in [6, 6.07) is 19.3. The minimum Gasteiger partial charge on any atom is -0.482 e. The van der Waals surface area contributed by atoms with E-state index < -0.39 is 28.2 Å². The standard InChI is InChI=1S/C23H23NO6S/c25-22(26)16-30-20-8-6-19(7-9-20)23(27)11-13-24(14-12-23)31(28,29)21-10-5-17-3-1-2-4-18(17)15-21/h1-10,15,27H,11-14,16H2,(H,25,26). The third-order valence-corrected chi connectivity index (χ3v) is 7.56. The van der Waals surface area contributed by atoms with Gasteiger partial charge in [0, 0.05) is 13.1 Å². The smallest absolute Gasteiger partial charge is 0.341 e. The molecule has 1 saturated heterocycles. The molecule has 7 nitrogen and oxygen atoms in total. The van der Waals surface area contributed by atoms with Crippen LogP contribution in [0.4, 0.5) is 0 Å². The van der Waals surface area contributed by atoms with Gasteiger partial charge >= 0.3 is 5.97 Å². The molecule has 1 aliphatic rings. The van der Waals surface area contributed by atoms with Gasteiger partial charge in [-0.15, -0.1) is 0 Å². The predicted molar refractivity (Wildman–Crippen MR) is 115 cm³/mol. The summed E-state index contributed by atoms with van der Waals surface area (Å²) in [5, 5.41) is 21.6. The number of carboxylic acid groups (broad SMARTS) is 1. The van der Waals surface area contributed by atoms with Crippen LogP contribution in [-0.2, 0) is 20.4 Å². The molecule has 4 rings (SSSR count). The summed E-state index contributed by atoms with van der Waals surface area (Å²) in [5.41, 5.74) is -0.501. The first-order valence-corrected chi connectivity index (χ1v) is 11.4. The first-order chi connectivity index (χ1) is 14.8. The summed E-state index contributed by atoms with van der Waals surface area (Å²) in [6.45, 7) is -0.0446. The van der Waals surface area contributed by atoms with Crippen molar-refractivity contribution in [2.24, 2.45) is 0 Å². The molecule has 0 saturated carbocycles. The molecule has 3 aromatic rings. The number of nitrogens with zero attached hydrogens (tertiary/aromatic N) is 1. The van der Waals surface area contributed by atoms with E-state index in [1.165, 1.54) is 4.31 Å². The number of fused-ring (bicyclic) bond motifs is 1. The average molecular weight is 442 g/mol. The van der Waals surface area contributed by atoms with Crippen molar-refractivity contribution in [1.29, 1.82) is 0 Å². The zero-order valence-corrected chi connectivity index (χ0v) is 17.6. The SMILES string of the molecule is O=C(O)COc1ccc(C2(O)CCN(S(=O)(=O)c3ccc4ccccc4c3)CC2)cc1. The number of sulfonamides is 1. The van der Waals surface area contributed by atoms with Crippen LogP contribution in [-0.4, -0.2) is 48.6 Å². The molecule has 0 aromatic heterocycles. The number of carbonyl (C=O) groups is 1. The molecule has 1 aliphatic heterocycles. The van der Waals surface area contributed by atoms with Crippen LogP contribution in [0.1, 0.15) is 18.4 Å². The van der Waals surface area contributed by atoms with Crippen molar-refractivity contribution in [1.82, 2.24) is 4.31 Å². The fourth-order valence-corrected chi connectivity index (χ4v) is 5.35. The number of piperidine rings is 1. The van der Waals surface area contributed by atoms with Crippen LogP contribution in [0.15, 0.2) is 71.6 Å². The van der Waals surface area contributed by atoms with Crippen molar-refractivity contribution < 1.29 is 28.2 Å². The van der Waals surface area contributed by atoms with Crippen molar-refractivity contribution in [2.45, 2.75) is 23.3 Å². The molecule has 0 atom stereocenters. The van der Waals surface area contributed by atoms with Gasteiger partial charge in [0.2, 0.25) is 10.0 Å². The molecule has 0 unspecified atom stereocenters. The maximum atomic E-state index is 13.1. The Bertz CT molecular complexity index is 1200. The van der Waals surface area contributed by atoms with Crippen molar-refractivity contribution in [2.75, 3.05) is 19.7 Å². The number of hydrogen-bond acceptors (Lipinski definition) is 5. The maximum absolute atomic E-state index is 13.1. The lowest BCUT2D eigenvalue weighted by molar-refractivity contribution is -0.139. The third kappa shape index (κ3) is 4.41. The van der Waals surface area contributed by atoms with Gasteiger partial charge < -0.3 is 14.9 Å². The molecule has 2 N–H and O–H groups in total. The summed E-state index contributed by atoms with van der Waals surface area (Å²) in [4.78, 5) is 10.8. The lowest BCUT2D eigenvalue weighted by Gasteiger charge is -2.38. The Morgan fingerprint density at radius 1 is 0.968 bits per heavy atom. The minimum absolute atomic E-state index is 0.197. The van der Waals surface area contributed by atoms with E-state index in [-0.39, 0.29) is 30.8 Å². The van der Waals surface area contributed by atoms with Crippen LogP contribution in [0.5, 0.6) is 5.75 Å². The van der Waals surface area contributed by atoms with E-state index in [9.17, 15) is 18.3 Å². The summed E-state index contributed by atoms with van der Waals surface area (Å²) >= 11 is 0. The van der Waals surface area contributed by atoms with Gasteiger partial charge in [0.1, 0.15) is 5.75 Å². The Labute approximate surface area is 180 Å². The molecule has 0 bridgehead atoms. The van der Waals surface area contributed by atoms with E-state index in [0.717, 1.165) is 10.8 Å². The first kappa shape index (κ1) is 21.3. The number of rotatable bonds is 6. The second kappa shape index (κ2) is 8.30. The van der Waals surface area contributed by atoms with Crippen molar-refractivity contribution >= 4 is 26.8 Å². The molecule has 162 valence electrons. The largest absolute Gasteiger partial charge is 0.482 e. The summed E-state index contributed by atoms with van der Waals surface area (Å²) in [7, 11) is -3.66. The van der Waals surface area contributed by atoms with Crippen LogP contribution >= 0.6 is 0 Å². The maximum Gasteiger partial charge on any atom is 0.341 e. The zero-order chi connectivity index (χ0) is 22.1. The van der Waals surface area contributed by atoms with Gasteiger partial charge in [0.15, 0.2) is 6.61 Å². The van der Waals surface area contributed by atoms with Crippen LogP contribution in [0, 0.1) is 0 Å². The minimum atomic E-state index is -3.66. The molecule has 0 radical (unpaired) electrons. The van der Waals surface area contributed by atoms with Gasteiger partial charge in [-0.25, -0.2) is 13.2 Å². The van der Waals surface area contributed by atoms with Gasteiger partial charge in [-0.05, 0) is 53.4 Å². The highest BCUT2D eigenvalue weighted by molar-refractivity contribution is 7.89. The van der Waals surface area contributed by atoms with Crippen LogP contribution in [0.3, 0.4) is 0 Å². The predicted octanol–water partition coefficient (Wildman–Crippen LogP) is 2.98. The lowest BCUT2D eigenvalue weighted by Crippen LogP contribution is -2.45. The van der Waals surface area contributed by atoms with E-state index in [4.69, 9.17) is 9.84 Å². The fourth-order valence-electron chi connectivity index (χ4n) is 3.87. The second-order valence-corrected chi connectivity index (χ2v) is 9.59. The number of benzene rings is 3. The molecule has 0 spiro atoms. The molecule has 0 amide bonds. The number of hydrogen-bond donors (Lipinski definition) is 2. The van der Waals surface area contributed by atoms with E-state index in [1.54, 1.807) is 42.5 Å². The monoisotopic (exact) mass is 441 g/mol. The van der Waals surface area contributed by atoms with Crippen LogP contribution in [0.25, 0.3) is 10.8 Å². The molecule has 3 aromatic carbocycles. The third-order valence-electron chi connectivity index (χ3n) is 5.66. The molecule has 8 heteroatoms. The number of aliphatic hydroxyl groups is 1. The van der Waals surface area contributed by atoms with Crippen LogP contribution < -0.4 is 4.74 Å². The molecule has 1 heterocycles. The first-order valence-electron chi connectivity index (χ1n) is 9.94. The molecule has 0 aliphatic carbocycles. The van der Waals surface area contributed by atoms with Crippen molar-refractivity contribution in [3.05, 3.63) is 72.3 Å². The van der Waals surface area contributed by atoms with Gasteiger partial charge in [0.25, 0.3) is 0 Å². The van der Waals surface area contributed by atoms with Crippen molar-refractivity contribution in [3.8, 4) is 5.75 Å². The van der Waals surface area contributed by atoms with E-state index in [2.05, 4.69) is 0 Å². The molecular formula is C23H23NO6S. The number of aliphatic carboxylic acids is 1. The summed E-state index contributed by atoms with van der Waals surface area (Å²) in [5.74, 6) is -0.672. The highest BCUT2D eigenvalue weighted by Gasteiger charge is 2.38. The number of ether oxygens (including phenoxy) is 1. The molecular weight excluding hydrogens is 418 g/mol. The highest BCUT2D eigenvalue weighted by Crippen LogP contribution is 2.35. The van der Waals surface area contributed by atoms with E-state index in [0.29, 0.717) is 11.3 Å². The average Bonchev–Trinajstić information content (AvgIpc) is 2.78. The Kier molecular flexibility index (Phi) is 5.70. The van der Waals surface area contributed by atoms with Gasteiger partial charge in [-0.1, -0.05) is 42.5 Å². The quantitative estimate of drug-likeness (QED) is 0.610. The Morgan fingerprint density at radius 3 is 2.26 bits per heavy atom. The molecule has 31 heavy (non-hydrogen) atoms. The summed E-state index contributed by atoms with van der Waals surface area (Å²) < 4.78 is 32.8. The molecule has 1 fully saturated rings. The topological polar surface area (TPSA) is 104 Å². The summed E-state index contributed by atoms with van der Waals surface area (Å²) in [6.07, 6.45) is 0.518. The van der Waals surface area contributed by atoms with E-state index >= 15 is 0 Å². The van der Waals surface area contributed by atoms with Crippen LogP contribution in [0.2, 0.25) is 0 Å². The van der Waals surface area contributed by atoms with Gasteiger partial charge in [-0.2, -0.15) is 4.31 Å². The van der Waals surface area contributed by atoms with Crippen molar-refractivity contribution in [3.63, 3.8) is 0 Å². The Hall–Kier alpha value is -2.94. The lowest BCUT2D eigenvalue weighted by atomic mass is 9.85. The fraction of sp³-hybridized carbons (Fsp3) is 0.261. The second-order valence-electron chi connectivity index (χ2n) is 7.65. The van der Waals surface area contributed by atoms with Gasteiger partial charge in [-0.3, -0.25) is 0 Å². The highest BCUT2D eigenvalue weighted by atomic mass is 32.2. The Morgan fingerprint density at radius 2 is 1.61 bits per heavy atom. The number of carboxylic acids is 1. The van der Waals surface area contributed by atoms with E-state index in [1.807, 2.05) is 24.3 Å². The van der Waals surface area contributed by atoms with Gasteiger partial charge in [0.05, 0.1) is 10.5 Å².